The van der Waals surface area contributed by atoms with Crippen LogP contribution in [0.1, 0.15) is 20.3 Å². The maximum Gasteiger partial charge on any atom is 0.0368 e. The molecule has 16 heavy (non-hydrogen) atoms. The van der Waals surface area contributed by atoms with Crippen molar-refractivity contribution in [2.75, 3.05) is 18.5 Å². The van der Waals surface area contributed by atoms with Crippen molar-refractivity contribution in [3.05, 3.63) is 30.3 Å². The Bertz CT molecular complexity index is 323. The molecule has 1 aliphatic rings. The molecule has 0 spiro atoms. The van der Waals surface area contributed by atoms with Crippen molar-refractivity contribution in [2.24, 2.45) is 5.92 Å². The van der Waals surface area contributed by atoms with Crippen LogP contribution in [0.25, 0.3) is 0 Å². The van der Waals surface area contributed by atoms with Crippen molar-refractivity contribution in [1.82, 2.24) is 5.32 Å². The van der Waals surface area contributed by atoms with Gasteiger partial charge in [-0.2, -0.15) is 0 Å². The zero-order valence-electron chi connectivity index (χ0n) is 10.5. The van der Waals surface area contributed by atoms with E-state index in [0.717, 1.165) is 6.54 Å². The standard InChI is InChI=1S/C14H22N2/c1-11-12(2)16(10-9-14(11)15-3)13-7-5-4-6-8-13/h4-8,11-12,14-15H,9-10H2,1-3H3. The van der Waals surface area contributed by atoms with Crippen LogP contribution >= 0.6 is 0 Å². The van der Waals surface area contributed by atoms with E-state index < -0.39 is 0 Å². The second-order valence-corrected chi connectivity index (χ2v) is 4.81. The molecule has 0 aliphatic carbocycles. The first-order valence-electron chi connectivity index (χ1n) is 6.23. The van der Waals surface area contributed by atoms with Gasteiger partial charge in [0.15, 0.2) is 0 Å². The molecule has 3 atom stereocenters. The summed E-state index contributed by atoms with van der Waals surface area (Å²) in [6, 6.07) is 12.0. The number of rotatable bonds is 2. The van der Waals surface area contributed by atoms with Crippen molar-refractivity contribution in [1.29, 1.82) is 0 Å². The third-order valence-corrected chi connectivity index (χ3v) is 4.03. The zero-order chi connectivity index (χ0) is 11.5. The predicted molar refractivity (Wildman–Crippen MR) is 69.9 cm³/mol. The molecule has 0 aromatic heterocycles. The van der Waals surface area contributed by atoms with Gasteiger partial charge in [0.25, 0.3) is 0 Å². The third-order valence-electron chi connectivity index (χ3n) is 4.03. The van der Waals surface area contributed by atoms with Gasteiger partial charge >= 0.3 is 0 Å². The van der Waals surface area contributed by atoms with Crippen LogP contribution in [0.15, 0.2) is 30.3 Å². The van der Waals surface area contributed by atoms with E-state index in [1.54, 1.807) is 0 Å². The minimum Gasteiger partial charge on any atom is -0.368 e. The Morgan fingerprint density at radius 2 is 1.88 bits per heavy atom. The lowest BCUT2D eigenvalue weighted by Crippen LogP contribution is -2.52. The van der Waals surface area contributed by atoms with Crippen LogP contribution in [0.3, 0.4) is 0 Å². The largest absolute Gasteiger partial charge is 0.368 e. The minimum atomic E-state index is 0.605. The molecule has 88 valence electrons. The highest BCUT2D eigenvalue weighted by molar-refractivity contribution is 5.47. The first kappa shape index (κ1) is 11.5. The van der Waals surface area contributed by atoms with Crippen LogP contribution in [0.5, 0.6) is 0 Å². The van der Waals surface area contributed by atoms with Crippen LogP contribution in [0.2, 0.25) is 0 Å². The maximum absolute atomic E-state index is 3.43. The molecule has 1 fully saturated rings. The predicted octanol–water partition coefficient (Wildman–Crippen LogP) is 2.51. The molecule has 1 saturated heterocycles. The number of nitrogens with zero attached hydrogens (tertiary/aromatic N) is 1. The van der Waals surface area contributed by atoms with Gasteiger partial charge in [0.1, 0.15) is 0 Å². The smallest absolute Gasteiger partial charge is 0.0368 e. The quantitative estimate of drug-likeness (QED) is 0.820. The molecule has 0 bridgehead atoms. The Hall–Kier alpha value is -1.02. The summed E-state index contributed by atoms with van der Waals surface area (Å²) in [5.74, 6) is 0.693. The Morgan fingerprint density at radius 1 is 1.19 bits per heavy atom. The summed E-state index contributed by atoms with van der Waals surface area (Å²) in [6.45, 7) is 5.84. The van der Waals surface area contributed by atoms with Gasteiger partial charge in [-0.25, -0.2) is 0 Å². The number of nitrogens with one attached hydrogen (secondary N) is 1. The van der Waals surface area contributed by atoms with Gasteiger partial charge in [-0.3, -0.25) is 0 Å². The molecule has 0 amide bonds. The Morgan fingerprint density at radius 3 is 2.50 bits per heavy atom. The fourth-order valence-corrected chi connectivity index (χ4v) is 2.76. The summed E-state index contributed by atoms with van der Waals surface area (Å²) in [4.78, 5) is 2.53. The fraction of sp³-hybridized carbons (Fsp3) is 0.571. The SMILES string of the molecule is CNC1CCN(c2ccccc2)C(C)C1C. The zero-order valence-corrected chi connectivity index (χ0v) is 10.5. The lowest BCUT2D eigenvalue weighted by molar-refractivity contribution is 0.283. The van der Waals surface area contributed by atoms with Gasteiger partial charge < -0.3 is 10.2 Å². The van der Waals surface area contributed by atoms with Crippen LogP contribution in [-0.4, -0.2) is 25.7 Å². The molecule has 1 heterocycles. The van der Waals surface area contributed by atoms with Crippen LogP contribution < -0.4 is 10.2 Å². The van der Waals surface area contributed by atoms with Gasteiger partial charge in [-0.15, -0.1) is 0 Å². The second kappa shape index (κ2) is 4.88. The van der Waals surface area contributed by atoms with Gasteiger partial charge in [0, 0.05) is 24.3 Å². The van der Waals surface area contributed by atoms with E-state index in [4.69, 9.17) is 0 Å². The molecule has 1 aliphatic heterocycles. The fourth-order valence-electron chi connectivity index (χ4n) is 2.76. The van der Waals surface area contributed by atoms with E-state index in [1.807, 2.05) is 0 Å². The van der Waals surface area contributed by atoms with Gasteiger partial charge in [0.05, 0.1) is 0 Å². The average Bonchev–Trinajstić information content (AvgIpc) is 2.34. The van der Waals surface area contributed by atoms with Crippen LogP contribution in [0.4, 0.5) is 5.69 Å². The number of piperidine rings is 1. The van der Waals surface area contributed by atoms with E-state index in [2.05, 4.69) is 61.4 Å². The second-order valence-electron chi connectivity index (χ2n) is 4.81. The normalized spacial score (nSPS) is 30.4. The number of hydrogen-bond acceptors (Lipinski definition) is 2. The molecule has 3 unspecified atom stereocenters. The number of anilines is 1. The molecule has 1 aromatic carbocycles. The van der Waals surface area contributed by atoms with Gasteiger partial charge in [-0.05, 0) is 38.4 Å². The van der Waals surface area contributed by atoms with Crippen LogP contribution in [-0.2, 0) is 0 Å². The summed E-state index contributed by atoms with van der Waals surface area (Å²) in [5.41, 5.74) is 1.36. The van der Waals surface area contributed by atoms with E-state index in [-0.39, 0.29) is 0 Å². The third kappa shape index (κ3) is 2.07. The Balaban J connectivity index is 2.14. The van der Waals surface area contributed by atoms with Crippen molar-refractivity contribution in [2.45, 2.75) is 32.4 Å². The lowest BCUT2D eigenvalue weighted by Gasteiger charge is -2.44. The molecule has 1 aromatic rings. The Kier molecular flexibility index (Phi) is 3.49. The van der Waals surface area contributed by atoms with Crippen molar-refractivity contribution in [3.63, 3.8) is 0 Å². The number of hydrogen-bond donors (Lipinski definition) is 1. The minimum absolute atomic E-state index is 0.605. The van der Waals surface area contributed by atoms with Gasteiger partial charge in [0.2, 0.25) is 0 Å². The molecular weight excluding hydrogens is 196 g/mol. The molecule has 0 radical (unpaired) electrons. The summed E-state index contributed by atoms with van der Waals surface area (Å²) in [5, 5.41) is 3.43. The van der Waals surface area contributed by atoms with Crippen molar-refractivity contribution in [3.8, 4) is 0 Å². The van der Waals surface area contributed by atoms with Gasteiger partial charge in [-0.1, -0.05) is 25.1 Å². The number of benzene rings is 1. The highest BCUT2D eigenvalue weighted by Crippen LogP contribution is 2.28. The molecular formula is C14H22N2. The van der Waals surface area contributed by atoms with Crippen molar-refractivity contribution >= 4 is 5.69 Å². The molecule has 1 N–H and O–H groups in total. The molecule has 2 nitrogen and oxygen atoms in total. The summed E-state index contributed by atoms with van der Waals surface area (Å²) in [7, 11) is 2.08. The highest BCUT2D eigenvalue weighted by atomic mass is 15.2. The molecule has 2 heteroatoms. The summed E-state index contributed by atoms with van der Waals surface area (Å²) in [6.07, 6.45) is 1.23. The average molecular weight is 218 g/mol. The maximum atomic E-state index is 3.43. The molecule has 0 saturated carbocycles. The summed E-state index contributed by atoms with van der Waals surface area (Å²) < 4.78 is 0. The monoisotopic (exact) mass is 218 g/mol. The highest BCUT2D eigenvalue weighted by Gasteiger charge is 2.31. The topological polar surface area (TPSA) is 15.3 Å². The van der Waals surface area contributed by atoms with E-state index in [0.29, 0.717) is 18.0 Å². The molecule has 2 rings (SSSR count). The first-order chi connectivity index (χ1) is 7.74. The van der Waals surface area contributed by atoms with Crippen LogP contribution in [0, 0.1) is 5.92 Å². The number of para-hydroxylation sites is 1. The van der Waals surface area contributed by atoms with Crippen molar-refractivity contribution < 1.29 is 0 Å². The first-order valence-corrected chi connectivity index (χ1v) is 6.23. The van der Waals surface area contributed by atoms with E-state index in [1.165, 1.54) is 12.1 Å². The lowest BCUT2D eigenvalue weighted by atomic mass is 9.87. The Labute approximate surface area is 98.7 Å². The van der Waals surface area contributed by atoms with E-state index >= 15 is 0 Å². The van der Waals surface area contributed by atoms with E-state index in [9.17, 15) is 0 Å². The summed E-state index contributed by atoms with van der Waals surface area (Å²) >= 11 is 0.